The quantitative estimate of drug-likeness (QED) is 0.0467. The molecular formula is C83H93BN4. The lowest BCUT2D eigenvalue weighted by molar-refractivity contribution is 0.590. The van der Waals surface area contributed by atoms with Gasteiger partial charge in [-0.2, -0.15) is 0 Å². The van der Waals surface area contributed by atoms with Gasteiger partial charge in [-0.25, -0.2) is 0 Å². The lowest BCUT2D eigenvalue weighted by atomic mass is 9.33. The second-order valence-electron chi connectivity index (χ2n) is 29.4. The molecule has 448 valence electrons. The maximum absolute atomic E-state index is 4.95. The van der Waals surface area contributed by atoms with E-state index in [1.807, 2.05) is 0 Å². The predicted molar refractivity (Wildman–Crippen MR) is 390 cm³/mol. The molecule has 4 heterocycles. The SMILES string of the molecule is C=CC1=C(C)N(C(=C)/C=C\CC)c2cc(-c3c4c(N(C/C=C\CC)C(/C=C\CC)CC)cccc4cc4cccc(-n5c6ccc(C(C)(C)C)cc6c6cc(C(C)(C)C)ccc65)c34)cc3c2B1c1cc(C(C)(C)C)cc2c4cc(C(C)(C)C)ccc4n-3c12. The number of benzene rings is 8. The molecule has 2 aromatic heterocycles. The van der Waals surface area contributed by atoms with E-state index >= 15 is 0 Å². The van der Waals surface area contributed by atoms with Crippen molar-refractivity contribution in [1.29, 1.82) is 0 Å². The average molecular weight is 1160 g/mol. The minimum Gasteiger partial charge on any atom is -0.361 e. The average Bonchev–Trinajstić information content (AvgIpc) is 1.36. The van der Waals surface area contributed by atoms with E-state index in [2.05, 4.69) is 307 Å². The Morgan fingerprint density at radius 2 is 1.08 bits per heavy atom. The van der Waals surface area contributed by atoms with Gasteiger partial charge in [-0.15, -0.1) is 0 Å². The van der Waals surface area contributed by atoms with Crippen LogP contribution in [-0.2, 0) is 21.7 Å². The van der Waals surface area contributed by atoms with Crippen LogP contribution in [-0.4, -0.2) is 28.4 Å². The summed E-state index contributed by atoms with van der Waals surface area (Å²) in [5, 5.41) is 10.0. The van der Waals surface area contributed by atoms with E-state index in [-0.39, 0.29) is 34.4 Å². The first kappa shape index (κ1) is 60.3. The van der Waals surface area contributed by atoms with Crippen LogP contribution >= 0.6 is 0 Å². The second kappa shape index (κ2) is 22.2. The van der Waals surface area contributed by atoms with Crippen LogP contribution < -0.4 is 20.7 Å². The molecule has 0 N–H and O–H groups in total. The maximum Gasteiger partial charge on any atom is 0.251 e. The topological polar surface area (TPSA) is 16.3 Å². The van der Waals surface area contributed by atoms with Crippen molar-refractivity contribution >= 4 is 94.2 Å². The first-order valence-electron chi connectivity index (χ1n) is 32.8. The van der Waals surface area contributed by atoms with Crippen LogP contribution in [0.2, 0.25) is 0 Å². The van der Waals surface area contributed by atoms with E-state index in [4.69, 9.17) is 6.58 Å². The summed E-state index contributed by atoms with van der Waals surface area (Å²) < 4.78 is 5.27. The number of nitrogens with zero attached hydrogens (tertiary/aromatic N) is 4. The highest BCUT2D eigenvalue weighted by molar-refractivity contribution is 6.95. The number of aromatic nitrogens is 2. The van der Waals surface area contributed by atoms with Gasteiger partial charge in [-0.1, -0.05) is 209 Å². The monoisotopic (exact) mass is 1160 g/mol. The van der Waals surface area contributed by atoms with Gasteiger partial charge < -0.3 is 18.9 Å². The Hall–Kier alpha value is -8.02. The minimum absolute atomic E-state index is 0.0365. The van der Waals surface area contributed by atoms with Crippen molar-refractivity contribution in [1.82, 2.24) is 9.13 Å². The zero-order chi connectivity index (χ0) is 62.7. The fourth-order valence-corrected chi connectivity index (χ4v) is 14.6. The van der Waals surface area contributed by atoms with E-state index in [0.29, 0.717) is 0 Å². The zero-order valence-corrected chi connectivity index (χ0v) is 56.0. The highest BCUT2D eigenvalue weighted by atomic mass is 15.2. The molecule has 88 heavy (non-hydrogen) atoms. The Bertz CT molecular complexity index is 4560. The van der Waals surface area contributed by atoms with Crippen LogP contribution in [0.5, 0.6) is 0 Å². The molecule has 2 aliphatic rings. The fraction of sp³-hybridized carbons (Fsp3) is 0.325. The summed E-state index contributed by atoms with van der Waals surface area (Å²) >= 11 is 0. The van der Waals surface area contributed by atoms with E-state index in [1.165, 1.54) is 126 Å². The molecule has 8 aromatic carbocycles. The molecule has 0 radical (unpaired) electrons. The molecule has 12 rings (SSSR count). The van der Waals surface area contributed by atoms with Gasteiger partial charge in [-0.3, -0.25) is 0 Å². The van der Waals surface area contributed by atoms with Crippen LogP contribution in [0, 0.1) is 0 Å². The minimum atomic E-state index is -0.102. The Balaban J connectivity index is 1.32. The highest BCUT2D eigenvalue weighted by Crippen LogP contribution is 2.50. The molecule has 10 aromatic rings. The molecule has 0 fully saturated rings. The molecular weight excluding hydrogens is 1060 g/mol. The molecule has 0 saturated carbocycles. The van der Waals surface area contributed by atoms with E-state index in [9.17, 15) is 0 Å². The second-order valence-corrected chi connectivity index (χ2v) is 29.4. The number of rotatable bonds is 14. The molecule has 0 amide bonds. The largest absolute Gasteiger partial charge is 0.361 e. The third kappa shape index (κ3) is 9.91. The summed E-state index contributed by atoms with van der Waals surface area (Å²) in [6, 6.07) is 48.8. The highest BCUT2D eigenvalue weighted by Gasteiger charge is 2.43. The zero-order valence-electron chi connectivity index (χ0n) is 56.0. The lowest BCUT2D eigenvalue weighted by Crippen LogP contribution is -2.55. The summed E-state index contributed by atoms with van der Waals surface area (Å²) in [5.74, 6) is 0. The van der Waals surface area contributed by atoms with Gasteiger partial charge >= 0.3 is 0 Å². The van der Waals surface area contributed by atoms with Crippen molar-refractivity contribution in [3.05, 3.63) is 216 Å². The van der Waals surface area contributed by atoms with Gasteiger partial charge in [0.1, 0.15) is 0 Å². The van der Waals surface area contributed by atoms with Crippen molar-refractivity contribution in [2.24, 2.45) is 0 Å². The third-order valence-electron chi connectivity index (χ3n) is 19.4. The number of fused-ring (bicyclic) bond motifs is 10. The van der Waals surface area contributed by atoms with Crippen molar-refractivity contribution < 1.29 is 0 Å². The Kier molecular flexibility index (Phi) is 15.2. The fourth-order valence-electron chi connectivity index (χ4n) is 14.6. The molecule has 0 bridgehead atoms. The van der Waals surface area contributed by atoms with Crippen molar-refractivity contribution in [2.75, 3.05) is 16.3 Å². The normalized spacial score (nSPS) is 14.5. The summed E-state index contributed by atoms with van der Waals surface area (Å²) in [6.07, 6.45) is 20.0. The van der Waals surface area contributed by atoms with Gasteiger partial charge in [0.05, 0.1) is 22.2 Å². The van der Waals surface area contributed by atoms with Crippen molar-refractivity contribution in [2.45, 2.75) is 171 Å². The summed E-state index contributed by atoms with van der Waals surface area (Å²) in [6.45, 7) is 49.8. The van der Waals surface area contributed by atoms with Crippen LogP contribution in [0.1, 0.15) is 166 Å². The number of hydrogen-bond acceptors (Lipinski definition) is 2. The van der Waals surface area contributed by atoms with Crippen LogP contribution in [0.15, 0.2) is 194 Å². The summed E-state index contributed by atoms with van der Waals surface area (Å²) in [7, 11) is 0. The van der Waals surface area contributed by atoms with Gasteiger partial charge in [0.15, 0.2) is 0 Å². The third-order valence-corrected chi connectivity index (χ3v) is 19.4. The first-order valence-corrected chi connectivity index (χ1v) is 32.8. The first-order chi connectivity index (χ1) is 41.8. The van der Waals surface area contributed by atoms with Crippen LogP contribution in [0.3, 0.4) is 0 Å². The standard InChI is InChI=1S/C83H93BN4/c1-20-25-28-43-85(61(23-4)34-27-22-3)71-35-29-32-54-44-55-33-30-36-72(87-68-40-37-57(80(8,9)10)47-62(68)63-48-58(81(11,12)13)38-41-69(63)87)76(55)77(75(54)71)56-45-73-78-74(46-56)88-70-42-39-59(82(14,15)16)49-64(70)65-50-60(83(17,18)19)51-67(79(65)88)84(78)66(24-5)53(7)86(73)52(6)31-26-21-2/h24-42,44-51,61H,5-6,20-23,43H2,1-4,7-19H3/b28-25-,31-26-,34-27-. The van der Waals surface area contributed by atoms with Crippen molar-refractivity contribution in [3.63, 3.8) is 0 Å². The van der Waals surface area contributed by atoms with Crippen LogP contribution in [0.25, 0.3) is 87.7 Å². The maximum atomic E-state index is 4.95. The number of hydrogen-bond donors (Lipinski definition) is 0. The summed E-state index contributed by atoms with van der Waals surface area (Å²) in [5.41, 5.74) is 23.1. The van der Waals surface area contributed by atoms with Gasteiger partial charge in [0, 0.05) is 84.4 Å². The number of allylic oxidation sites excluding steroid dienone is 7. The van der Waals surface area contributed by atoms with Gasteiger partial charge in [-0.05, 0) is 188 Å². The molecule has 0 spiro atoms. The summed E-state index contributed by atoms with van der Waals surface area (Å²) in [4.78, 5) is 5.15. The van der Waals surface area contributed by atoms with Gasteiger partial charge in [0.25, 0.3) is 6.71 Å². The molecule has 5 heteroatoms. The molecule has 0 aliphatic carbocycles. The van der Waals surface area contributed by atoms with Gasteiger partial charge in [0.2, 0.25) is 0 Å². The molecule has 4 nitrogen and oxygen atoms in total. The van der Waals surface area contributed by atoms with E-state index in [1.54, 1.807) is 0 Å². The molecule has 0 saturated heterocycles. The molecule has 1 unspecified atom stereocenters. The Morgan fingerprint density at radius 3 is 1.64 bits per heavy atom. The molecule has 1 atom stereocenters. The smallest absolute Gasteiger partial charge is 0.251 e. The van der Waals surface area contributed by atoms with Crippen molar-refractivity contribution in [3.8, 4) is 22.5 Å². The van der Waals surface area contributed by atoms with E-state index < -0.39 is 0 Å². The lowest BCUT2D eigenvalue weighted by Gasteiger charge is -2.41. The van der Waals surface area contributed by atoms with Crippen LogP contribution in [0.4, 0.5) is 11.4 Å². The Labute approximate surface area is 526 Å². The molecule has 2 aliphatic heterocycles. The van der Waals surface area contributed by atoms with E-state index in [0.717, 1.165) is 55.0 Å². The Morgan fingerprint density at radius 1 is 0.545 bits per heavy atom. The predicted octanol–water partition coefficient (Wildman–Crippen LogP) is 21.8. The number of anilines is 2.